The highest BCUT2D eigenvalue weighted by molar-refractivity contribution is 6.07. The molecule has 23 heavy (non-hydrogen) atoms. The molecular weight excluding hydrogens is 292 g/mol. The third kappa shape index (κ3) is 4.07. The summed E-state index contributed by atoms with van der Waals surface area (Å²) in [4.78, 5) is 12.3. The van der Waals surface area contributed by atoms with Crippen LogP contribution in [0.25, 0.3) is 6.08 Å². The molecule has 2 rings (SSSR count). The highest BCUT2D eigenvalue weighted by Gasteiger charge is 2.10. The Morgan fingerprint density at radius 1 is 1.35 bits per heavy atom. The predicted octanol–water partition coefficient (Wildman–Crippen LogP) is 3.26. The second-order valence-electron chi connectivity index (χ2n) is 5.19. The van der Waals surface area contributed by atoms with E-state index in [1.54, 1.807) is 37.3 Å². The van der Waals surface area contributed by atoms with Crippen molar-refractivity contribution < 1.29 is 14.3 Å². The van der Waals surface area contributed by atoms with Gasteiger partial charge in [0.05, 0.1) is 25.0 Å². The fourth-order valence-corrected chi connectivity index (χ4v) is 2.35. The lowest BCUT2D eigenvalue weighted by atomic mass is 10.1. The van der Waals surface area contributed by atoms with Crippen molar-refractivity contribution in [1.29, 1.82) is 0 Å². The van der Waals surface area contributed by atoms with Crippen molar-refractivity contribution in [1.82, 2.24) is 9.78 Å². The Labute approximate surface area is 136 Å². The molecule has 0 radical (unpaired) electrons. The van der Waals surface area contributed by atoms with Gasteiger partial charge in [-0.2, -0.15) is 5.10 Å². The van der Waals surface area contributed by atoms with E-state index in [0.717, 1.165) is 29.1 Å². The predicted molar refractivity (Wildman–Crippen MR) is 89.7 cm³/mol. The number of rotatable bonds is 7. The van der Waals surface area contributed by atoms with Gasteiger partial charge in [0.1, 0.15) is 5.75 Å². The maximum Gasteiger partial charge on any atom is 0.189 e. The van der Waals surface area contributed by atoms with Crippen molar-refractivity contribution in [3.05, 3.63) is 52.9 Å². The minimum atomic E-state index is -0.0497. The highest BCUT2D eigenvalue weighted by atomic mass is 16.5. The molecule has 0 unspecified atom stereocenters. The third-order valence-corrected chi connectivity index (χ3v) is 3.57. The molecule has 0 aliphatic heterocycles. The van der Waals surface area contributed by atoms with Gasteiger partial charge in [-0.25, -0.2) is 0 Å². The first kappa shape index (κ1) is 17.0. The molecule has 5 nitrogen and oxygen atoms in total. The van der Waals surface area contributed by atoms with E-state index in [-0.39, 0.29) is 5.78 Å². The highest BCUT2D eigenvalue weighted by Crippen LogP contribution is 2.21. The van der Waals surface area contributed by atoms with E-state index in [1.807, 2.05) is 32.0 Å². The Morgan fingerprint density at radius 2 is 2.13 bits per heavy atom. The fourth-order valence-electron chi connectivity index (χ4n) is 2.35. The lowest BCUT2D eigenvalue weighted by Gasteiger charge is -2.08. The van der Waals surface area contributed by atoms with E-state index in [1.165, 1.54) is 0 Å². The normalized spacial score (nSPS) is 11.1. The van der Waals surface area contributed by atoms with Crippen LogP contribution < -0.4 is 4.74 Å². The number of carbonyl (C=O) groups excluding carboxylic acids is 1. The van der Waals surface area contributed by atoms with Gasteiger partial charge >= 0.3 is 0 Å². The lowest BCUT2D eigenvalue weighted by Crippen LogP contribution is -1.96. The number of hydrogen-bond acceptors (Lipinski definition) is 4. The largest absolute Gasteiger partial charge is 0.496 e. The summed E-state index contributed by atoms with van der Waals surface area (Å²) in [6, 6.07) is 5.73. The second-order valence-corrected chi connectivity index (χ2v) is 5.19. The van der Waals surface area contributed by atoms with Crippen LogP contribution in [-0.4, -0.2) is 29.8 Å². The molecule has 0 atom stereocenters. The lowest BCUT2D eigenvalue weighted by molar-refractivity contribution is 0.104. The fraction of sp³-hybridized carbons (Fsp3) is 0.333. The number of aryl methyl sites for hydroxylation is 2. The van der Waals surface area contributed by atoms with Crippen molar-refractivity contribution in [2.45, 2.75) is 27.0 Å². The molecule has 0 spiro atoms. The van der Waals surface area contributed by atoms with Crippen molar-refractivity contribution in [3.63, 3.8) is 0 Å². The summed E-state index contributed by atoms with van der Waals surface area (Å²) < 4.78 is 12.2. The number of aromatic nitrogens is 2. The first-order valence-corrected chi connectivity index (χ1v) is 7.51. The minimum Gasteiger partial charge on any atom is -0.496 e. The molecule has 1 aromatic heterocycles. The van der Waals surface area contributed by atoms with Crippen LogP contribution in [0, 0.1) is 6.92 Å². The number of methoxy groups -OCH3 is 2. The van der Waals surface area contributed by atoms with Crippen molar-refractivity contribution in [3.8, 4) is 5.75 Å². The molecule has 122 valence electrons. The molecule has 2 aromatic rings. The van der Waals surface area contributed by atoms with Crippen LogP contribution in [0.3, 0.4) is 0 Å². The Hall–Kier alpha value is -2.40. The third-order valence-electron chi connectivity index (χ3n) is 3.57. The van der Waals surface area contributed by atoms with E-state index in [2.05, 4.69) is 5.10 Å². The Balaban J connectivity index is 2.20. The topological polar surface area (TPSA) is 53.4 Å². The van der Waals surface area contributed by atoms with Gasteiger partial charge in [0.2, 0.25) is 0 Å². The number of benzene rings is 1. The summed E-state index contributed by atoms with van der Waals surface area (Å²) in [5.41, 5.74) is 3.25. The van der Waals surface area contributed by atoms with E-state index in [0.29, 0.717) is 12.2 Å². The van der Waals surface area contributed by atoms with Crippen LogP contribution in [0.1, 0.15) is 34.1 Å². The SMILES string of the molecule is CCn1cc(C(=O)/C=C/c2ccc(OC)c(COC)c2)c(C)n1. The summed E-state index contributed by atoms with van der Waals surface area (Å²) in [7, 11) is 3.27. The Morgan fingerprint density at radius 3 is 2.74 bits per heavy atom. The van der Waals surface area contributed by atoms with E-state index in [9.17, 15) is 4.79 Å². The monoisotopic (exact) mass is 314 g/mol. The molecule has 0 saturated heterocycles. The number of allylic oxidation sites excluding steroid dienone is 1. The molecule has 0 amide bonds. The quantitative estimate of drug-likeness (QED) is 0.581. The number of ketones is 1. The van der Waals surface area contributed by atoms with Crippen LogP contribution in [0.2, 0.25) is 0 Å². The molecule has 1 aromatic carbocycles. The van der Waals surface area contributed by atoms with Gasteiger partial charge in [0, 0.05) is 25.4 Å². The van der Waals surface area contributed by atoms with Crippen LogP contribution in [-0.2, 0) is 17.9 Å². The number of carbonyl (C=O) groups is 1. The first-order valence-electron chi connectivity index (χ1n) is 7.51. The molecule has 1 heterocycles. The zero-order valence-corrected chi connectivity index (χ0v) is 14.0. The number of ether oxygens (including phenoxy) is 2. The van der Waals surface area contributed by atoms with Crippen LogP contribution in [0.5, 0.6) is 5.75 Å². The van der Waals surface area contributed by atoms with Crippen LogP contribution in [0.4, 0.5) is 0 Å². The average molecular weight is 314 g/mol. The smallest absolute Gasteiger partial charge is 0.189 e. The van der Waals surface area contributed by atoms with Gasteiger partial charge in [-0.1, -0.05) is 12.1 Å². The molecule has 5 heteroatoms. The maximum atomic E-state index is 12.3. The summed E-state index contributed by atoms with van der Waals surface area (Å²) in [5.74, 6) is 0.724. The number of hydrogen-bond donors (Lipinski definition) is 0. The molecular formula is C18H22N2O3. The van der Waals surface area contributed by atoms with Crippen molar-refractivity contribution in [2.24, 2.45) is 0 Å². The van der Waals surface area contributed by atoms with Crippen LogP contribution >= 0.6 is 0 Å². The minimum absolute atomic E-state index is 0.0497. The zero-order chi connectivity index (χ0) is 16.8. The molecule has 0 N–H and O–H groups in total. The molecule has 0 aliphatic carbocycles. The standard InChI is InChI=1S/C18H22N2O3/c1-5-20-11-16(13(2)19-20)17(21)8-6-14-7-9-18(23-4)15(10-14)12-22-3/h6-11H,5,12H2,1-4H3/b8-6+. The zero-order valence-electron chi connectivity index (χ0n) is 14.0. The van der Waals surface area contributed by atoms with Gasteiger partial charge in [-0.3, -0.25) is 9.48 Å². The van der Waals surface area contributed by atoms with Crippen LogP contribution in [0.15, 0.2) is 30.5 Å². The van der Waals surface area contributed by atoms with Crippen molar-refractivity contribution in [2.75, 3.05) is 14.2 Å². The maximum absolute atomic E-state index is 12.3. The average Bonchev–Trinajstić information content (AvgIpc) is 2.94. The van der Waals surface area contributed by atoms with Gasteiger partial charge in [-0.05, 0) is 37.6 Å². The Bertz CT molecular complexity index is 717. The summed E-state index contributed by atoms with van der Waals surface area (Å²) in [6.07, 6.45) is 5.15. The molecule has 0 bridgehead atoms. The van der Waals surface area contributed by atoms with Crippen molar-refractivity contribution >= 4 is 11.9 Å². The van der Waals surface area contributed by atoms with E-state index < -0.39 is 0 Å². The van der Waals surface area contributed by atoms with E-state index >= 15 is 0 Å². The van der Waals surface area contributed by atoms with Gasteiger partial charge < -0.3 is 9.47 Å². The Kier molecular flexibility index (Phi) is 5.71. The van der Waals surface area contributed by atoms with E-state index in [4.69, 9.17) is 9.47 Å². The summed E-state index contributed by atoms with van der Waals surface area (Å²) >= 11 is 0. The second kappa shape index (κ2) is 7.74. The van der Waals surface area contributed by atoms with Gasteiger partial charge in [-0.15, -0.1) is 0 Å². The molecule has 0 saturated carbocycles. The first-order chi connectivity index (χ1) is 11.1. The molecule has 0 aliphatic rings. The summed E-state index contributed by atoms with van der Waals surface area (Å²) in [6.45, 7) is 5.04. The summed E-state index contributed by atoms with van der Waals surface area (Å²) in [5, 5.41) is 4.30. The van der Waals surface area contributed by atoms with Gasteiger partial charge in [0.15, 0.2) is 5.78 Å². The number of nitrogens with zero attached hydrogens (tertiary/aromatic N) is 2. The van der Waals surface area contributed by atoms with Gasteiger partial charge in [0.25, 0.3) is 0 Å². The molecule has 0 fully saturated rings.